The molecular formula is C23H28ClNO2S. The van der Waals surface area contributed by atoms with Crippen LogP contribution in [0.15, 0.2) is 42.5 Å². The molecule has 1 amide bonds. The van der Waals surface area contributed by atoms with Crippen LogP contribution < -0.4 is 10.1 Å². The van der Waals surface area contributed by atoms with Crippen LogP contribution >= 0.6 is 23.4 Å². The van der Waals surface area contributed by atoms with Gasteiger partial charge in [-0.15, -0.1) is 0 Å². The van der Waals surface area contributed by atoms with Crippen LogP contribution in [0, 0.1) is 0 Å². The Labute approximate surface area is 177 Å². The van der Waals surface area contributed by atoms with E-state index in [0.29, 0.717) is 13.0 Å². The SMILES string of the molecule is CC[C@@H](Oc1ccc2c(c1)CCCC2)C(=O)NCCSCc1ccc(Cl)cc1. The standard InChI is InChI=1S/C23H28ClNO2S/c1-2-22(27-21-12-9-18-5-3-4-6-19(18)15-21)23(26)25-13-14-28-16-17-7-10-20(24)11-8-17/h7-12,15,22H,2-6,13-14,16H2,1H3,(H,25,26)/t22-/m1/s1. The molecule has 0 aliphatic heterocycles. The van der Waals surface area contributed by atoms with Gasteiger partial charge in [0.1, 0.15) is 5.75 Å². The minimum atomic E-state index is -0.442. The van der Waals surface area contributed by atoms with E-state index in [9.17, 15) is 4.79 Å². The summed E-state index contributed by atoms with van der Waals surface area (Å²) < 4.78 is 6.00. The van der Waals surface area contributed by atoms with Crippen molar-refractivity contribution in [2.45, 2.75) is 50.9 Å². The molecule has 3 nitrogen and oxygen atoms in total. The number of nitrogens with one attached hydrogen (secondary N) is 1. The Morgan fingerprint density at radius 3 is 2.64 bits per heavy atom. The van der Waals surface area contributed by atoms with E-state index in [4.69, 9.17) is 16.3 Å². The van der Waals surface area contributed by atoms with Gasteiger partial charge in [-0.1, -0.05) is 36.7 Å². The van der Waals surface area contributed by atoms with E-state index in [2.05, 4.69) is 17.4 Å². The van der Waals surface area contributed by atoms with Gasteiger partial charge in [-0.3, -0.25) is 4.79 Å². The Morgan fingerprint density at radius 2 is 1.89 bits per heavy atom. The second kappa shape index (κ2) is 10.8. The minimum absolute atomic E-state index is 0.0349. The van der Waals surface area contributed by atoms with Gasteiger partial charge in [-0.05, 0) is 73.1 Å². The average Bonchev–Trinajstić information content (AvgIpc) is 2.72. The van der Waals surface area contributed by atoms with Gasteiger partial charge in [0.2, 0.25) is 0 Å². The molecule has 28 heavy (non-hydrogen) atoms. The quantitative estimate of drug-likeness (QED) is 0.553. The number of thioether (sulfide) groups is 1. The van der Waals surface area contributed by atoms with Gasteiger partial charge < -0.3 is 10.1 Å². The molecular weight excluding hydrogens is 390 g/mol. The molecule has 1 aliphatic rings. The highest BCUT2D eigenvalue weighted by Crippen LogP contribution is 2.26. The zero-order chi connectivity index (χ0) is 19.8. The van der Waals surface area contributed by atoms with Gasteiger partial charge in [0.15, 0.2) is 6.10 Å². The summed E-state index contributed by atoms with van der Waals surface area (Å²) in [5.74, 6) is 2.55. The molecule has 5 heteroatoms. The molecule has 0 fully saturated rings. The number of aryl methyl sites for hydroxylation is 2. The number of ether oxygens (including phenoxy) is 1. The number of halogens is 1. The fourth-order valence-corrected chi connectivity index (χ4v) is 4.35. The van der Waals surface area contributed by atoms with Crippen molar-refractivity contribution in [1.29, 1.82) is 0 Å². The molecule has 0 saturated heterocycles. The van der Waals surface area contributed by atoms with Crippen LogP contribution in [0.2, 0.25) is 5.02 Å². The summed E-state index contributed by atoms with van der Waals surface area (Å²) in [5.41, 5.74) is 4.04. The van der Waals surface area contributed by atoms with Crippen LogP contribution in [0.1, 0.15) is 42.9 Å². The number of rotatable bonds is 9. The first-order chi connectivity index (χ1) is 13.7. The van der Waals surface area contributed by atoms with E-state index in [1.54, 1.807) is 11.8 Å². The number of hydrogen-bond acceptors (Lipinski definition) is 3. The fraction of sp³-hybridized carbons (Fsp3) is 0.435. The fourth-order valence-electron chi connectivity index (χ4n) is 3.40. The summed E-state index contributed by atoms with van der Waals surface area (Å²) in [6.07, 6.45) is 4.98. The van der Waals surface area contributed by atoms with Crippen LogP contribution in [-0.4, -0.2) is 24.3 Å². The van der Waals surface area contributed by atoms with Crippen molar-refractivity contribution < 1.29 is 9.53 Å². The number of hydrogen-bond donors (Lipinski definition) is 1. The molecule has 1 atom stereocenters. The van der Waals surface area contributed by atoms with Gasteiger partial charge in [0, 0.05) is 23.1 Å². The highest BCUT2D eigenvalue weighted by Gasteiger charge is 2.19. The molecule has 0 saturated carbocycles. The second-order valence-electron chi connectivity index (χ2n) is 7.12. The lowest BCUT2D eigenvalue weighted by molar-refractivity contribution is -0.127. The molecule has 150 valence electrons. The van der Waals surface area contributed by atoms with E-state index >= 15 is 0 Å². The van der Waals surface area contributed by atoms with E-state index in [1.807, 2.05) is 37.3 Å². The average molecular weight is 418 g/mol. The maximum absolute atomic E-state index is 12.5. The summed E-state index contributed by atoms with van der Waals surface area (Å²) in [4.78, 5) is 12.5. The summed E-state index contributed by atoms with van der Waals surface area (Å²) in [5, 5.41) is 3.76. The Kier molecular flexibility index (Phi) is 8.11. The molecule has 2 aromatic carbocycles. The smallest absolute Gasteiger partial charge is 0.261 e. The van der Waals surface area contributed by atoms with Crippen molar-refractivity contribution in [3.05, 3.63) is 64.2 Å². The molecule has 0 aromatic heterocycles. The van der Waals surface area contributed by atoms with E-state index in [0.717, 1.165) is 35.1 Å². The van der Waals surface area contributed by atoms with Crippen molar-refractivity contribution in [3.8, 4) is 5.75 Å². The molecule has 0 heterocycles. The van der Waals surface area contributed by atoms with Gasteiger partial charge in [0.25, 0.3) is 5.91 Å². The normalized spacial score (nSPS) is 14.2. The van der Waals surface area contributed by atoms with E-state index < -0.39 is 6.10 Å². The van der Waals surface area contributed by atoms with Crippen LogP contribution in [-0.2, 0) is 23.4 Å². The van der Waals surface area contributed by atoms with Gasteiger partial charge in [-0.25, -0.2) is 0 Å². The van der Waals surface area contributed by atoms with Crippen molar-refractivity contribution in [2.75, 3.05) is 12.3 Å². The third-order valence-electron chi connectivity index (χ3n) is 4.99. The van der Waals surface area contributed by atoms with Crippen molar-refractivity contribution in [1.82, 2.24) is 5.32 Å². The van der Waals surface area contributed by atoms with Crippen LogP contribution in [0.3, 0.4) is 0 Å². The first kappa shape index (κ1) is 21.1. The maximum atomic E-state index is 12.5. The number of carbonyl (C=O) groups excluding carboxylic acids is 1. The molecule has 0 spiro atoms. The van der Waals surface area contributed by atoms with Crippen LogP contribution in [0.25, 0.3) is 0 Å². The minimum Gasteiger partial charge on any atom is -0.481 e. The molecule has 3 rings (SSSR count). The molecule has 0 unspecified atom stereocenters. The third-order valence-corrected chi connectivity index (χ3v) is 6.27. The van der Waals surface area contributed by atoms with Crippen molar-refractivity contribution in [2.24, 2.45) is 0 Å². The summed E-state index contributed by atoms with van der Waals surface area (Å²) >= 11 is 7.69. The highest BCUT2D eigenvalue weighted by molar-refractivity contribution is 7.98. The lowest BCUT2D eigenvalue weighted by Crippen LogP contribution is -2.39. The Morgan fingerprint density at radius 1 is 1.14 bits per heavy atom. The predicted octanol–water partition coefficient (Wildman–Crippen LogP) is 5.43. The topological polar surface area (TPSA) is 38.3 Å². The number of fused-ring (bicyclic) bond motifs is 1. The largest absolute Gasteiger partial charge is 0.481 e. The second-order valence-corrected chi connectivity index (χ2v) is 8.66. The molecule has 2 aromatic rings. The van der Waals surface area contributed by atoms with Crippen molar-refractivity contribution in [3.63, 3.8) is 0 Å². The van der Waals surface area contributed by atoms with Crippen LogP contribution in [0.4, 0.5) is 0 Å². The monoisotopic (exact) mass is 417 g/mol. The highest BCUT2D eigenvalue weighted by atomic mass is 35.5. The van der Waals surface area contributed by atoms with Gasteiger partial charge in [0.05, 0.1) is 0 Å². The molecule has 1 aliphatic carbocycles. The first-order valence-electron chi connectivity index (χ1n) is 10.0. The Hall–Kier alpha value is -1.65. The molecule has 1 N–H and O–H groups in total. The van der Waals surface area contributed by atoms with E-state index in [-0.39, 0.29) is 5.91 Å². The summed E-state index contributed by atoms with van der Waals surface area (Å²) in [6, 6.07) is 14.2. The van der Waals surface area contributed by atoms with Crippen LogP contribution in [0.5, 0.6) is 5.75 Å². The number of carbonyl (C=O) groups is 1. The van der Waals surface area contributed by atoms with Crippen molar-refractivity contribution >= 4 is 29.3 Å². The maximum Gasteiger partial charge on any atom is 0.261 e. The molecule has 0 radical (unpaired) electrons. The van der Waals surface area contributed by atoms with Gasteiger partial charge in [-0.2, -0.15) is 11.8 Å². The Balaban J connectivity index is 1.41. The lowest BCUT2D eigenvalue weighted by Gasteiger charge is -2.20. The predicted molar refractivity (Wildman–Crippen MR) is 118 cm³/mol. The molecule has 0 bridgehead atoms. The van der Waals surface area contributed by atoms with Gasteiger partial charge >= 0.3 is 0 Å². The first-order valence-corrected chi connectivity index (χ1v) is 11.6. The number of amides is 1. The Bertz CT molecular complexity index is 779. The van der Waals surface area contributed by atoms with E-state index in [1.165, 1.54) is 29.5 Å². The zero-order valence-corrected chi connectivity index (χ0v) is 18.0. The summed E-state index contributed by atoms with van der Waals surface area (Å²) in [6.45, 7) is 2.62. The number of benzene rings is 2. The zero-order valence-electron chi connectivity index (χ0n) is 16.4. The third kappa shape index (κ3) is 6.18. The summed E-state index contributed by atoms with van der Waals surface area (Å²) in [7, 11) is 0. The lowest BCUT2D eigenvalue weighted by atomic mass is 9.92.